The van der Waals surface area contributed by atoms with Crippen LogP contribution in [0.5, 0.6) is 0 Å². The summed E-state index contributed by atoms with van der Waals surface area (Å²) in [5, 5.41) is 5.06. The van der Waals surface area contributed by atoms with Crippen LogP contribution in [-0.2, 0) is 20.5 Å². The normalized spacial score (nSPS) is 19.9. The Morgan fingerprint density at radius 2 is 1.89 bits per heavy atom. The summed E-state index contributed by atoms with van der Waals surface area (Å²) in [7, 11) is 1.22. The lowest BCUT2D eigenvalue weighted by atomic mass is 9.87. The molecule has 244 valence electrons. The Labute approximate surface area is 271 Å². The fourth-order valence-corrected chi connectivity index (χ4v) is 6.20. The number of anilines is 2. The van der Waals surface area contributed by atoms with Crippen molar-refractivity contribution < 1.29 is 36.7 Å². The molecule has 2 aromatic carbocycles. The van der Waals surface area contributed by atoms with Crippen LogP contribution in [0.15, 0.2) is 42.5 Å². The van der Waals surface area contributed by atoms with Gasteiger partial charge >= 0.3 is 12.3 Å². The molecule has 5 rings (SSSR count). The van der Waals surface area contributed by atoms with E-state index in [2.05, 4.69) is 20.4 Å². The van der Waals surface area contributed by atoms with Crippen molar-refractivity contribution in [2.45, 2.75) is 56.7 Å². The van der Waals surface area contributed by atoms with Gasteiger partial charge in [0.05, 0.1) is 29.4 Å². The second-order valence-electron chi connectivity index (χ2n) is 10.9. The lowest BCUT2D eigenvalue weighted by molar-refractivity contribution is -0.138. The number of aromatic nitrogens is 2. The van der Waals surface area contributed by atoms with Crippen LogP contribution >= 0.6 is 23.2 Å². The highest BCUT2D eigenvalue weighted by atomic mass is 35.5. The predicted octanol–water partition coefficient (Wildman–Crippen LogP) is 8.24. The molecule has 1 saturated heterocycles. The van der Waals surface area contributed by atoms with Crippen molar-refractivity contribution in [2.75, 3.05) is 24.3 Å². The van der Waals surface area contributed by atoms with Crippen molar-refractivity contribution in [2.24, 2.45) is 0 Å². The van der Waals surface area contributed by atoms with Crippen LogP contribution in [0.3, 0.4) is 0 Å². The van der Waals surface area contributed by atoms with Crippen LogP contribution in [0.2, 0.25) is 10.2 Å². The van der Waals surface area contributed by atoms with Crippen molar-refractivity contribution in [1.29, 1.82) is 0 Å². The summed E-state index contributed by atoms with van der Waals surface area (Å²) >= 11 is 12.5. The number of ether oxygens (including phenoxy) is 1. The number of likely N-dealkylation sites (tertiary alicyclic amines) is 1. The van der Waals surface area contributed by atoms with E-state index < -0.39 is 46.2 Å². The molecule has 3 heterocycles. The van der Waals surface area contributed by atoms with Gasteiger partial charge in [-0.1, -0.05) is 35.4 Å². The number of hydrogen-bond acceptors (Lipinski definition) is 5. The SMILES string of the molecule is COC(=O)Nc1ccc2c(c1)NC(=O)CC/C=C/C[C@H](N1CCC(c3c(C(F)(F)F)ccc(Cl)c3F)CCC1=O)c1nc-2c(Cl)[nH]1. The maximum absolute atomic E-state index is 15.1. The lowest BCUT2D eigenvalue weighted by Gasteiger charge is -2.29. The molecule has 3 amide bonds. The molecule has 0 aliphatic carbocycles. The van der Waals surface area contributed by atoms with Crippen molar-refractivity contribution in [1.82, 2.24) is 14.9 Å². The van der Waals surface area contributed by atoms with E-state index >= 15 is 4.39 Å². The summed E-state index contributed by atoms with van der Waals surface area (Å²) in [6.45, 7) is 0.0120. The molecular formula is C31H29Cl2F4N5O4. The first kappa shape index (κ1) is 33.3. The highest BCUT2D eigenvalue weighted by molar-refractivity contribution is 6.32. The van der Waals surface area contributed by atoms with Crippen molar-refractivity contribution >= 4 is 52.5 Å². The number of alkyl halides is 3. The Bertz CT molecular complexity index is 1690. The molecule has 0 saturated carbocycles. The number of hydrogen-bond donors (Lipinski definition) is 3. The van der Waals surface area contributed by atoms with E-state index in [4.69, 9.17) is 28.2 Å². The van der Waals surface area contributed by atoms with Crippen molar-refractivity contribution in [3.8, 4) is 11.3 Å². The number of fused-ring (bicyclic) bond motifs is 4. The minimum atomic E-state index is -4.81. The molecule has 1 unspecified atom stereocenters. The average Bonchev–Trinajstić information content (AvgIpc) is 3.28. The number of nitrogens with zero attached hydrogens (tertiary/aromatic N) is 2. The van der Waals surface area contributed by atoms with Gasteiger partial charge in [-0.15, -0.1) is 0 Å². The third-order valence-electron chi connectivity index (χ3n) is 8.01. The van der Waals surface area contributed by atoms with Gasteiger partial charge in [-0.05, 0) is 61.9 Å². The summed E-state index contributed by atoms with van der Waals surface area (Å²) in [6.07, 6.45) is -1.26. The van der Waals surface area contributed by atoms with Gasteiger partial charge in [0.25, 0.3) is 0 Å². The summed E-state index contributed by atoms with van der Waals surface area (Å²) in [4.78, 5) is 47.3. The number of carbonyl (C=O) groups excluding carboxylic acids is 3. The largest absolute Gasteiger partial charge is 0.453 e. The zero-order chi connectivity index (χ0) is 33.2. The van der Waals surface area contributed by atoms with Gasteiger partial charge < -0.3 is 19.9 Å². The number of imidazole rings is 1. The van der Waals surface area contributed by atoms with Gasteiger partial charge in [-0.2, -0.15) is 13.2 Å². The first-order valence-electron chi connectivity index (χ1n) is 14.4. The van der Waals surface area contributed by atoms with E-state index in [0.29, 0.717) is 29.2 Å². The monoisotopic (exact) mass is 681 g/mol. The van der Waals surface area contributed by atoms with E-state index in [1.807, 2.05) is 0 Å². The van der Waals surface area contributed by atoms with Crippen LogP contribution < -0.4 is 10.6 Å². The molecule has 2 atom stereocenters. The zero-order valence-electron chi connectivity index (χ0n) is 24.4. The number of rotatable bonds is 3. The third-order valence-corrected chi connectivity index (χ3v) is 8.57. The van der Waals surface area contributed by atoms with Gasteiger partial charge in [-0.3, -0.25) is 14.9 Å². The van der Waals surface area contributed by atoms with E-state index in [9.17, 15) is 27.6 Å². The summed E-state index contributed by atoms with van der Waals surface area (Å²) in [6, 6.07) is 5.67. The molecule has 3 aromatic rings. The fourth-order valence-electron chi connectivity index (χ4n) is 5.80. The number of amides is 3. The summed E-state index contributed by atoms with van der Waals surface area (Å²) < 4.78 is 61.4. The summed E-state index contributed by atoms with van der Waals surface area (Å²) in [5.41, 5.74) is -0.297. The van der Waals surface area contributed by atoms with E-state index in [-0.39, 0.29) is 61.3 Å². The maximum atomic E-state index is 15.1. The fraction of sp³-hybridized carbons (Fsp3) is 0.355. The molecule has 1 aromatic heterocycles. The molecular weight excluding hydrogens is 653 g/mol. The van der Waals surface area contributed by atoms with Gasteiger partial charge in [0.2, 0.25) is 11.8 Å². The predicted molar refractivity (Wildman–Crippen MR) is 164 cm³/mol. The molecule has 9 nitrogen and oxygen atoms in total. The Morgan fingerprint density at radius 1 is 1.11 bits per heavy atom. The highest BCUT2D eigenvalue weighted by Gasteiger charge is 2.39. The van der Waals surface area contributed by atoms with Crippen LogP contribution in [0.4, 0.5) is 33.7 Å². The molecule has 46 heavy (non-hydrogen) atoms. The molecule has 3 N–H and O–H groups in total. The van der Waals surface area contributed by atoms with Gasteiger partial charge in [0, 0.05) is 36.2 Å². The minimum Gasteiger partial charge on any atom is -0.453 e. The van der Waals surface area contributed by atoms with Crippen molar-refractivity contribution in [3.63, 3.8) is 0 Å². The van der Waals surface area contributed by atoms with E-state index in [1.54, 1.807) is 24.3 Å². The van der Waals surface area contributed by atoms with Crippen LogP contribution in [0, 0.1) is 5.82 Å². The topological polar surface area (TPSA) is 116 Å². The van der Waals surface area contributed by atoms with E-state index in [1.165, 1.54) is 18.1 Å². The standard InChI is InChI=1S/C31H29Cl2F4N5O4/c1-46-30(45)38-17-8-9-18-21(15-17)39-23(43)6-4-2-3-5-22(29-40-27(18)28(33)41-29)42-14-13-16(7-12-24(42)44)25-19(31(35,36)37)10-11-20(32)26(25)34/h2-3,8-11,15-16,22H,4-7,12-14H2,1H3,(H,38,45)(H,39,43)(H,40,41)/b3-2+/t16?,22-/m0/s1. The second-order valence-corrected chi connectivity index (χ2v) is 11.7. The van der Waals surface area contributed by atoms with Crippen LogP contribution in [0.25, 0.3) is 11.3 Å². The van der Waals surface area contributed by atoms with Gasteiger partial charge in [0.1, 0.15) is 22.5 Å². The van der Waals surface area contributed by atoms with Gasteiger partial charge in [-0.25, -0.2) is 14.2 Å². The van der Waals surface area contributed by atoms with Crippen LogP contribution in [-0.4, -0.2) is 46.4 Å². The third kappa shape index (κ3) is 7.15. The first-order chi connectivity index (χ1) is 21.9. The zero-order valence-corrected chi connectivity index (χ0v) is 26.0. The van der Waals surface area contributed by atoms with Crippen molar-refractivity contribution in [3.05, 3.63) is 75.4 Å². The molecule has 15 heteroatoms. The number of allylic oxidation sites excluding steroid dienone is 1. The summed E-state index contributed by atoms with van der Waals surface area (Å²) in [5.74, 6) is -2.38. The molecule has 0 radical (unpaired) electrons. The highest BCUT2D eigenvalue weighted by Crippen LogP contribution is 2.43. The van der Waals surface area contributed by atoms with Crippen LogP contribution in [0.1, 0.15) is 67.4 Å². The van der Waals surface area contributed by atoms with Gasteiger partial charge in [0.15, 0.2) is 0 Å². The lowest BCUT2D eigenvalue weighted by Crippen LogP contribution is -2.35. The number of halogens is 6. The molecule has 1 fully saturated rings. The quantitative estimate of drug-likeness (QED) is 0.190. The average molecular weight is 683 g/mol. The Kier molecular flexibility index (Phi) is 9.92. The minimum absolute atomic E-state index is 0.00844. The number of H-pyrrole nitrogens is 1. The molecule has 2 aliphatic rings. The molecule has 2 bridgehead atoms. The number of benzene rings is 2. The molecule has 2 aliphatic heterocycles. The number of methoxy groups -OCH3 is 1. The molecule has 0 spiro atoms. The Balaban J connectivity index is 1.51. The number of aromatic amines is 1. The smallest absolute Gasteiger partial charge is 0.416 e. The van der Waals surface area contributed by atoms with E-state index in [0.717, 1.165) is 12.1 Å². The number of nitrogens with one attached hydrogen (secondary N) is 3. The Hall–Kier alpha value is -4.10. The first-order valence-corrected chi connectivity index (χ1v) is 15.2. The number of carbonyl (C=O) groups is 3. The maximum Gasteiger partial charge on any atom is 0.416 e. The Morgan fingerprint density at radius 3 is 2.63 bits per heavy atom. The second kappa shape index (κ2) is 13.7.